The summed E-state index contributed by atoms with van der Waals surface area (Å²) >= 11 is 0. The van der Waals surface area contributed by atoms with Crippen LogP contribution in [-0.2, 0) is 32.3 Å². The largest absolute Gasteiger partial charge is 0.469 e. The molecule has 10 heteroatoms. The molecule has 0 radical (unpaired) electrons. The normalized spacial score (nSPS) is 12.2. The van der Waals surface area contributed by atoms with E-state index in [1.807, 2.05) is 0 Å². The Kier molecular flexibility index (Phi) is 5.30. The van der Waals surface area contributed by atoms with Crippen molar-refractivity contribution in [3.63, 3.8) is 0 Å². The molecule has 2 rings (SSSR count). The maximum absolute atomic E-state index is 12.9. The highest BCUT2D eigenvalue weighted by atomic mass is 16.5. The van der Waals surface area contributed by atoms with E-state index >= 15 is 0 Å². The molecule has 0 saturated heterocycles. The van der Waals surface area contributed by atoms with Crippen molar-refractivity contribution in [3.8, 4) is 0 Å². The number of H-pyrrole nitrogens is 1. The number of nitrogens with zero attached hydrogens (tertiary/aromatic N) is 3. The van der Waals surface area contributed by atoms with Gasteiger partial charge >= 0.3 is 17.6 Å². The molecule has 0 aliphatic rings. The Morgan fingerprint density at radius 3 is 2.30 bits per heavy atom. The lowest BCUT2D eigenvalue weighted by atomic mass is 9.93. The lowest BCUT2D eigenvalue weighted by Gasteiger charge is -2.23. The van der Waals surface area contributed by atoms with Crippen molar-refractivity contribution in [1.29, 1.82) is 0 Å². The van der Waals surface area contributed by atoms with Gasteiger partial charge in [0.05, 0.1) is 24.3 Å². The number of imidazole rings is 1. The molecule has 0 atom stereocenters. The smallest absolute Gasteiger partial charge is 0.335 e. The van der Waals surface area contributed by atoms with Crippen LogP contribution in [0.3, 0.4) is 0 Å². The Bertz CT molecular complexity index is 989. The Labute approximate surface area is 155 Å². The maximum atomic E-state index is 12.9. The van der Waals surface area contributed by atoms with E-state index in [0.717, 1.165) is 9.13 Å². The highest BCUT2D eigenvalue weighted by Crippen LogP contribution is 2.19. The Balaban J connectivity index is 2.54. The molecule has 0 saturated carbocycles. The number of hydrogen-bond donors (Lipinski definition) is 1. The highest BCUT2D eigenvalue weighted by Gasteiger charge is 2.32. The number of rotatable bonds is 5. The number of aromatic amines is 1. The quantitative estimate of drug-likeness (QED) is 0.754. The monoisotopic (exact) mass is 380 g/mol. The van der Waals surface area contributed by atoms with Crippen LogP contribution in [0.25, 0.3) is 11.2 Å². The average Bonchev–Trinajstić information content (AvgIpc) is 3.06. The molecule has 0 spiro atoms. The van der Waals surface area contributed by atoms with Crippen molar-refractivity contribution in [2.75, 3.05) is 7.11 Å². The predicted molar refractivity (Wildman–Crippen MR) is 96.0 cm³/mol. The van der Waals surface area contributed by atoms with Crippen molar-refractivity contribution in [2.24, 2.45) is 10.8 Å². The first-order valence-electron chi connectivity index (χ1n) is 8.32. The van der Waals surface area contributed by atoms with E-state index in [4.69, 9.17) is 9.47 Å². The molecule has 148 valence electrons. The zero-order chi connectivity index (χ0) is 20.6. The molecule has 0 aromatic carbocycles. The summed E-state index contributed by atoms with van der Waals surface area (Å²) in [6, 6.07) is 0. The molecule has 0 aliphatic heterocycles. The second kappa shape index (κ2) is 7.01. The topological polar surface area (TPSA) is 125 Å². The Morgan fingerprint density at radius 2 is 1.74 bits per heavy atom. The summed E-state index contributed by atoms with van der Waals surface area (Å²) in [7, 11) is 1.23. The summed E-state index contributed by atoms with van der Waals surface area (Å²) in [4.78, 5) is 56.2. The van der Waals surface area contributed by atoms with E-state index in [0.29, 0.717) is 0 Å². The number of nitrogens with one attached hydrogen (secondary N) is 1. The van der Waals surface area contributed by atoms with Gasteiger partial charge in [-0.25, -0.2) is 14.3 Å². The van der Waals surface area contributed by atoms with E-state index in [9.17, 15) is 19.2 Å². The summed E-state index contributed by atoms with van der Waals surface area (Å²) in [5, 5.41) is 0. The van der Waals surface area contributed by atoms with Crippen LogP contribution in [0.4, 0.5) is 0 Å². The van der Waals surface area contributed by atoms with E-state index in [1.165, 1.54) is 13.4 Å². The fourth-order valence-electron chi connectivity index (χ4n) is 2.44. The molecule has 0 aliphatic carbocycles. The van der Waals surface area contributed by atoms with Crippen LogP contribution in [0.5, 0.6) is 0 Å². The predicted octanol–water partition coefficient (Wildman–Crippen LogP) is 0.632. The second-order valence-electron chi connectivity index (χ2n) is 7.89. The molecule has 10 nitrogen and oxygen atoms in total. The molecule has 2 aromatic rings. The zero-order valence-corrected chi connectivity index (χ0v) is 16.3. The van der Waals surface area contributed by atoms with Crippen LogP contribution in [-0.4, -0.2) is 38.2 Å². The average molecular weight is 380 g/mol. The number of hydrogen-bond acceptors (Lipinski definition) is 7. The number of fused-ring (bicyclic) bond motifs is 1. The highest BCUT2D eigenvalue weighted by molar-refractivity contribution is 5.76. The van der Waals surface area contributed by atoms with Gasteiger partial charge in [0.15, 0.2) is 12.4 Å². The fraction of sp³-hybridized carbons (Fsp3) is 0.588. The number of methoxy groups -OCH3 is 1. The molecule has 27 heavy (non-hydrogen) atoms. The van der Waals surface area contributed by atoms with Gasteiger partial charge in [-0.2, -0.15) is 0 Å². The first-order chi connectivity index (χ1) is 12.4. The number of carbonyl (C=O) groups is 2. The first kappa shape index (κ1) is 20.4. The Hall–Kier alpha value is -2.91. The second-order valence-corrected chi connectivity index (χ2v) is 7.89. The maximum Gasteiger partial charge on any atom is 0.335 e. The summed E-state index contributed by atoms with van der Waals surface area (Å²) < 4.78 is 11.9. The van der Waals surface area contributed by atoms with Crippen LogP contribution < -0.4 is 11.2 Å². The van der Waals surface area contributed by atoms with Gasteiger partial charge in [-0.15, -0.1) is 0 Å². The van der Waals surface area contributed by atoms with Crippen molar-refractivity contribution in [2.45, 2.75) is 47.9 Å². The number of carbonyl (C=O) groups excluding carboxylic acids is 2. The van der Waals surface area contributed by atoms with Crippen molar-refractivity contribution in [1.82, 2.24) is 19.1 Å². The van der Waals surface area contributed by atoms with Crippen LogP contribution >= 0.6 is 0 Å². The summed E-state index contributed by atoms with van der Waals surface area (Å²) in [5.41, 5.74) is -3.09. The number of ether oxygens (including phenoxy) is 2. The van der Waals surface area contributed by atoms with E-state index in [2.05, 4.69) is 9.97 Å². The van der Waals surface area contributed by atoms with Crippen LogP contribution in [0, 0.1) is 10.8 Å². The molecule has 0 bridgehead atoms. The molecule has 1 N–H and O–H groups in total. The zero-order valence-electron chi connectivity index (χ0n) is 16.3. The first-order valence-corrected chi connectivity index (χ1v) is 8.32. The van der Waals surface area contributed by atoms with Gasteiger partial charge in [0, 0.05) is 6.54 Å². The van der Waals surface area contributed by atoms with Crippen molar-refractivity contribution >= 4 is 23.1 Å². The standard InChI is InChI=1S/C17H24N4O6/c1-16(2,3)13(23)27-9-21-11-10(18-8-19-11)12(22)20(15(21)25)7-17(4,5)14(24)26-6/h8H,7,9H2,1-6H3,(H,18,19). The van der Waals surface area contributed by atoms with Gasteiger partial charge in [0.25, 0.3) is 5.56 Å². The van der Waals surface area contributed by atoms with Gasteiger partial charge in [-0.05, 0) is 34.6 Å². The summed E-state index contributed by atoms with van der Waals surface area (Å²) in [5.74, 6) is -1.07. The third kappa shape index (κ3) is 3.93. The molecule has 2 aromatic heterocycles. The molecular weight excluding hydrogens is 356 g/mol. The fourth-order valence-corrected chi connectivity index (χ4v) is 2.44. The van der Waals surface area contributed by atoms with Gasteiger partial charge < -0.3 is 14.5 Å². The third-order valence-electron chi connectivity index (χ3n) is 4.02. The number of esters is 2. The van der Waals surface area contributed by atoms with Crippen molar-refractivity contribution in [3.05, 3.63) is 27.2 Å². The van der Waals surface area contributed by atoms with Gasteiger partial charge in [0.1, 0.15) is 5.52 Å². The minimum absolute atomic E-state index is 0.0684. The van der Waals surface area contributed by atoms with Crippen LogP contribution in [0.15, 0.2) is 15.9 Å². The summed E-state index contributed by atoms with van der Waals surface area (Å²) in [6.45, 7) is 7.55. The Morgan fingerprint density at radius 1 is 1.11 bits per heavy atom. The molecule has 2 heterocycles. The SMILES string of the molecule is COC(=O)C(C)(C)Cn1c(=O)c2[nH]cnc2n(COC(=O)C(C)(C)C)c1=O. The lowest BCUT2D eigenvalue weighted by Crippen LogP contribution is -2.45. The van der Waals surface area contributed by atoms with Crippen LogP contribution in [0.1, 0.15) is 34.6 Å². The number of aromatic nitrogens is 4. The van der Waals surface area contributed by atoms with Crippen LogP contribution in [0.2, 0.25) is 0 Å². The van der Waals surface area contributed by atoms with Gasteiger partial charge in [0.2, 0.25) is 0 Å². The molecular formula is C17H24N4O6. The van der Waals surface area contributed by atoms with Gasteiger partial charge in [-0.1, -0.05) is 0 Å². The molecule has 0 unspecified atom stereocenters. The molecule has 0 amide bonds. The minimum atomic E-state index is -1.12. The lowest BCUT2D eigenvalue weighted by molar-refractivity contribution is -0.157. The van der Waals surface area contributed by atoms with E-state index < -0.39 is 40.7 Å². The minimum Gasteiger partial charge on any atom is -0.469 e. The van der Waals surface area contributed by atoms with Crippen molar-refractivity contribution < 1.29 is 19.1 Å². The summed E-state index contributed by atoms with van der Waals surface area (Å²) in [6.07, 6.45) is 1.27. The van der Waals surface area contributed by atoms with E-state index in [-0.39, 0.29) is 17.7 Å². The molecule has 0 fully saturated rings. The van der Waals surface area contributed by atoms with E-state index in [1.54, 1.807) is 34.6 Å². The third-order valence-corrected chi connectivity index (χ3v) is 4.02. The van der Waals surface area contributed by atoms with Gasteiger partial charge in [-0.3, -0.25) is 19.0 Å².